The van der Waals surface area contributed by atoms with Gasteiger partial charge < -0.3 is 10.1 Å². The first-order chi connectivity index (χ1) is 9.42. The third-order valence-electron chi connectivity index (χ3n) is 2.90. The predicted octanol–water partition coefficient (Wildman–Crippen LogP) is 3.26. The Morgan fingerprint density at radius 1 is 1.45 bits per heavy atom. The van der Waals surface area contributed by atoms with Crippen LogP contribution in [0.25, 0.3) is 10.2 Å². The lowest BCUT2D eigenvalue weighted by Gasteiger charge is -2.20. The molecule has 2 aromatic heterocycles. The van der Waals surface area contributed by atoms with Gasteiger partial charge in [-0.1, -0.05) is 13.8 Å². The lowest BCUT2D eigenvalue weighted by Crippen LogP contribution is -2.35. The van der Waals surface area contributed by atoms with Crippen LogP contribution in [0.5, 0.6) is 0 Å². The van der Waals surface area contributed by atoms with Gasteiger partial charge in [0, 0.05) is 4.88 Å². The number of nitrogens with one attached hydrogen (secondary N) is 1. The van der Waals surface area contributed by atoms with Crippen LogP contribution in [0.3, 0.4) is 0 Å². The average Bonchev–Trinajstić information content (AvgIpc) is 2.74. The van der Waals surface area contributed by atoms with E-state index >= 15 is 0 Å². The Labute approximate surface area is 126 Å². The van der Waals surface area contributed by atoms with Crippen molar-refractivity contribution in [2.75, 3.05) is 12.4 Å². The molecule has 0 aromatic carbocycles. The number of aryl methyl sites for hydroxylation is 1. The molecule has 0 amide bonds. The monoisotopic (exact) mass is 313 g/mol. The Hall–Kier alpha value is -1.40. The number of nitrogens with zero attached hydrogens (tertiary/aromatic N) is 2. The molecule has 0 aliphatic carbocycles. The van der Waals surface area contributed by atoms with Gasteiger partial charge in [0.05, 0.1) is 12.5 Å². The zero-order valence-corrected chi connectivity index (χ0v) is 13.3. The summed E-state index contributed by atoms with van der Waals surface area (Å²) < 4.78 is 4.82. The van der Waals surface area contributed by atoms with E-state index in [1.807, 2.05) is 26.8 Å². The van der Waals surface area contributed by atoms with E-state index in [0.717, 1.165) is 15.1 Å². The molecule has 0 spiro atoms. The quantitative estimate of drug-likeness (QED) is 0.693. The molecular weight excluding hydrogens is 298 g/mol. The maximum absolute atomic E-state index is 11.8. The van der Waals surface area contributed by atoms with Gasteiger partial charge in [-0.05, 0) is 30.5 Å². The molecule has 2 rings (SSSR count). The van der Waals surface area contributed by atoms with Crippen LogP contribution in [0.1, 0.15) is 18.7 Å². The maximum Gasteiger partial charge on any atom is 0.328 e. The van der Waals surface area contributed by atoms with Crippen LogP contribution in [0.15, 0.2) is 6.07 Å². The number of carbonyl (C=O) groups excluding carboxylic acids is 1. The summed E-state index contributed by atoms with van der Waals surface area (Å²) in [6, 6.07) is 1.50. The molecule has 0 aliphatic heterocycles. The second kappa shape index (κ2) is 5.93. The summed E-state index contributed by atoms with van der Waals surface area (Å²) in [4.78, 5) is 22.1. The molecule has 0 radical (unpaired) electrons. The molecule has 2 aromatic rings. The van der Waals surface area contributed by atoms with E-state index in [4.69, 9.17) is 16.3 Å². The Morgan fingerprint density at radius 2 is 2.15 bits per heavy atom. The molecule has 7 heteroatoms. The molecule has 5 nitrogen and oxygen atoms in total. The molecule has 20 heavy (non-hydrogen) atoms. The molecule has 108 valence electrons. The summed E-state index contributed by atoms with van der Waals surface area (Å²) in [6.45, 7) is 5.87. The number of fused-ring (bicyclic) bond motifs is 1. The number of halogens is 1. The number of ether oxygens (including phenoxy) is 1. The van der Waals surface area contributed by atoms with Crippen molar-refractivity contribution < 1.29 is 9.53 Å². The predicted molar refractivity (Wildman–Crippen MR) is 81.4 cm³/mol. The molecule has 0 bridgehead atoms. The van der Waals surface area contributed by atoms with Crippen molar-refractivity contribution in [3.05, 3.63) is 16.2 Å². The number of thiophene rings is 1. The molecule has 0 saturated carbocycles. The number of esters is 1. The number of methoxy groups -OCH3 is 1. The third kappa shape index (κ3) is 3.02. The molecule has 1 unspecified atom stereocenters. The summed E-state index contributed by atoms with van der Waals surface area (Å²) in [5, 5.41) is 4.15. The number of anilines is 1. The number of hydrogen-bond donors (Lipinski definition) is 1. The van der Waals surface area contributed by atoms with Gasteiger partial charge in [-0.25, -0.2) is 14.8 Å². The first-order valence-corrected chi connectivity index (χ1v) is 7.40. The van der Waals surface area contributed by atoms with Crippen LogP contribution in [0.4, 0.5) is 5.82 Å². The fourth-order valence-electron chi connectivity index (χ4n) is 1.90. The van der Waals surface area contributed by atoms with Crippen molar-refractivity contribution in [2.45, 2.75) is 26.8 Å². The standard InChI is InChI=1S/C13H16ClN3O2S/c1-6(2)9(12(18)19-4)15-10-8-5-7(3)20-11(8)17-13(14)16-10/h5-6,9H,1-4H3,(H,15,16,17). The first-order valence-electron chi connectivity index (χ1n) is 6.20. The third-order valence-corrected chi connectivity index (χ3v) is 4.02. The Kier molecular flexibility index (Phi) is 4.45. The SMILES string of the molecule is COC(=O)C(Nc1nc(Cl)nc2sc(C)cc12)C(C)C. The average molecular weight is 314 g/mol. The first kappa shape index (κ1) is 15.0. The van der Waals surface area contributed by atoms with Gasteiger partial charge in [-0.3, -0.25) is 0 Å². The summed E-state index contributed by atoms with van der Waals surface area (Å²) in [6.07, 6.45) is 0. The van der Waals surface area contributed by atoms with Gasteiger partial charge in [0.2, 0.25) is 5.28 Å². The highest BCUT2D eigenvalue weighted by Crippen LogP contribution is 2.30. The van der Waals surface area contributed by atoms with Crippen LogP contribution in [-0.4, -0.2) is 29.1 Å². The second-order valence-electron chi connectivity index (χ2n) is 4.81. The molecule has 0 saturated heterocycles. The highest BCUT2D eigenvalue weighted by atomic mass is 35.5. The van der Waals surface area contributed by atoms with Crippen molar-refractivity contribution in [3.8, 4) is 0 Å². The lowest BCUT2D eigenvalue weighted by molar-refractivity contribution is -0.142. The lowest BCUT2D eigenvalue weighted by atomic mass is 10.0. The van der Waals surface area contributed by atoms with E-state index in [0.29, 0.717) is 5.82 Å². The summed E-state index contributed by atoms with van der Waals surface area (Å²) in [7, 11) is 1.37. The molecule has 1 N–H and O–H groups in total. The van der Waals surface area contributed by atoms with Crippen LogP contribution in [-0.2, 0) is 9.53 Å². The van der Waals surface area contributed by atoms with E-state index in [9.17, 15) is 4.79 Å². The van der Waals surface area contributed by atoms with Gasteiger partial charge in [0.1, 0.15) is 16.7 Å². The smallest absolute Gasteiger partial charge is 0.328 e. The molecule has 2 heterocycles. The number of hydrogen-bond acceptors (Lipinski definition) is 6. The van der Waals surface area contributed by atoms with Gasteiger partial charge in [0.15, 0.2) is 0 Å². The Bertz CT molecular complexity index is 642. The highest BCUT2D eigenvalue weighted by molar-refractivity contribution is 7.18. The van der Waals surface area contributed by atoms with Crippen molar-refractivity contribution in [1.29, 1.82) is 0 Å². The van der Waals surface area contributed by atoms with Crippen LogP contribution in [0, 0.1) is 12.8 Å². The number of carbonyl (C=O) groups is 1. The normalized spacial score (nSPS) is 12.7. The van der Waals surface area contributed by atoms with Crippen molar-refractivity contribution in [3.63, 3.8) is 0 Å². The Morgan fingerprint density at radius 3 is 2.75 bits per heavy atom. The maximum atomic E-state index is 11.8. The van der Waals surface area contributed by atoms with Gasteiger partial charge >= 0.3 is 5.97 Å². The molecule has 0 aliphatic rings. The van der Waals surface area contributed by atoms with Gasteiger partial charge in [-0.15, -0.1) is 11.3 Å². The minimum Gasteiger partial charge on any atom is -0.467 e. The zero-order valence-electron chi connectivity index (χ0n) is 11.7. The zero-order chi connectivity index (χ0) is 14.9. The van der Waals surface area contributed by atoms with E-state index in [1.165, 1.54) is 18.4 Å². The fraction of sp³-hybridized carbons (Fsp3) is 0.462. The van der Waals surface area contributed by atoms with E-state index in [2.05, 4.69) is 15.3 Å². The van der Waals surface area contributed by atoms with Crippen molar-refractivity contribution in [2.24, 2.45) is 5.92 Å². The minimum absolute atomic E-state index is 0.0611. The van der Waals surface area contributed by atoms with Gasteiger partial charge in [0.25, 0.3) is 0 Å². The molecular formula is C13H16ClN3O2S. The van der Waals surface area contributed by atoms with Crippen LogP contribution >= 0.6 is 22.9 Å². The fourth-order valence-corrected chi connectivity index (χ4v) is 3.00. The van der Waals surface area contributed by atoms with Crippen molar-refractivity contribution in [1.82, 2.24) is 9.97 Å². The van der Waals surface area contributed by atoms with E-state index in [-0.39, 0.29) is 17.2 Å². The summed E-state index contributed by atoms with van der Waals surface area (Å²) in [5.74, 6) is 0.300. The van der Waals surface area contributed by atoms with Crippen LogP contribution < -0.4 is 5.32 Å². The second-order valence-corrected chi connectivity index (χ2v) is 6.38. The number of aromatic nitrogens is 2. The highest BCUT2D eigenvalue weighted by Gasteiger charge is 2.24. The molecule has 1 atom stereocenters. The van der Waals surface area contributed by atoms with Crippen molar-refractivity contribution >= 4 is 44.9 Å². The van der Waals surface area contributed by atoms with Crippen LogP contribution in [0.2, 0.25) is 5.28 Å². The minimum atomic E-state index is -0.477. The van der Waals surface area contributed by atoms with E-state index < -0.39 is 6.04 Å². The summed E-state index contributed by atoms with van der Waals surface area (Å²) in [5.41, 5.74) is 0. The molecule has 0 fully saturated rings. The summed E-state index contributed by atoms with van der Waals surface area (Å²) >= 11 is 7.48. The topological polar surface area (TPSA) is 64.1 Å². The number of rotatable bonds is 4. The largest absolute Gasteiger partial charge is 0.467 e. The van der Waals surface area contributed by atoms with Gasteiger partial charge in [-0.2, -0.15) is 0 Å². The van der Waals surface area contributed by atoms with E-state index in [1.54, 1.807) is 0 Å². The Balaban J connectivity index is 2.43.